The molecule has 2 aromatic rings. The number of carbonyl (C=O) groups excluding carboxylic acids is 1. The Balaban J connectivity index is 2.17. The van der Waals surface area contributed by atoms with E-state index in [4.69, 9.17) is 16.3 Å². The number of benzene rings is 1. The first-order chi connectivity index (χ1) is 15.0. The highest BCUT2D eigenvalue weighted by Crippen LogP contribution is 2.35. The number of amides is 2. The summed E-state index contributed by atoms with van der Waals surface area (Å²) in [4.78, 5) is 33.5. The Bertz CT molecular complexity index is 1080. The molecular formula is C24H28ClN3O4. The molecule has 1 saturated carbocycles. The third-order valence-electron chi connectivity index (χ3n) is 5.19. The number of rotatable bonds is 3. The summed E-state index contributed by atoms with van der Waals surface area (Å²) in [5, 5.41) is 9.78. The lowest BCUT2D eigenvalue weighted by Gasteiger charge is -2.24. The molecule has 1 N–H and O–H groups in total. The Morgan fingerprint density at radius 2 is 1.81 bits per heavy atom. The van der Waals surface area contributed by atoms with Crippen molar-refractivity contribution >= 4 is 35.8 Å². The number of hydrogen-bond acceptors (Lipinski definition) is 5. The molecule has 0 atom stereocenters. The summed E-state index contributed by atoms with van der Waals surface area (Å²) in [5.41, 5.74) is 4.34. The molecule has 0 aliphatic heterocycles. The highest BCUT2D eigenvalue weighted by atomic mass is 35.5. The van der Waals surface area contributed by atoms with Gasteiger partial charge in [0.05, 0.1) is 5.69 Å². The third kappa shape index (κ3) is 5.27. The fourth-order valence-corrected chi connectivity index (χ4v) is 3.87. The Morgan fingerprint density at radius 3 is 2.41 bits per heavy atom. The predicted octanol–water partition coefficient (Wildman–Crippen LogP) is 6.79. The average molecular weight is 458 g/mol. The normalized spacial score (nSPS) is 13.8. The van der Waals surface area contributed by atoms with Crippen molar-refractivity contribution in [3.8, 4) is 11.3 Å². The Labute approximate surface area is 193 Å². The molecule has 0 bridgehead atoms. The number of ether oxygens (including phenoxy) is 1. The summed E-state index contributed by atoms with van der Waals surface area (Å²) in [6.07, 6.45) is 4.02. The van der Waals surface area contributed by atoms with Gasteiger partial charge in [-0.05, 0) is 71.4 Å². The minimum absolute atomic E-state index is 0.0718. The summed E-state index contributed by atoms with van der Waals surface area (Å²) < 4.78 is 5.24. The molecule has 1 fully saturated rings. The molecule has 0 radical (unpaired) electrons. The van der Waals surface area contributed by atoms with Crippen LogP contribution in [0.15, 0.2) is 23.8 Å². The standard InChI is InChI=1S/C24H28ClN3O4/c1-14-9-8-12-17(13-16-10-6-7-11-16)18(14)19-15(2)20(25)27-21(26-19)28(22(29)30)23(31)32-24(3,4)5/h8-9,12-13H,6-7,10-11H2,1-5H3,(H,29,30). The van der Waals surface area contributed by atoms with Crippen molar-refractivity contribution in [2.75, 3.05) is 4.90 Å². The summed E-state index contributed by atoms with van der Waals surface area (Å²) >= 11 is 6.39. The quantitative estimate of drug-likeness (QED) is 0.510. The number of aryl methyl sites for hydroxylation is 1. The van der Waals surface area contributed by atoms with E-state index in [9.17, 15) is 14.7 Å². The van der Waals surface area contributed by atoms with E-state index in [-0.39, 0.29) is 11.1 Å². The monoisotopic (exact) mass is 457 g/mol. The van der Waals surface area contributed by atoms with E-state index in [0.717, 1.165) is 29.5 Å². The zero-order valence-corrected chi connectivity index (χ0v) is 19.8. The van der Waals surface area contributed by atoms with Crippen LogP contribution in [0.1, 0.15) is 63.1 Å². The zero-order chi connectivity index (χ0) is 23.6. The smallest absolute Gasteiger partial charge is 0.427 e. The number of nitrogens with zero attached hydrogens (tertiary/aromatic N) is 3. The van der Waals surface area contributed by atoms with Crippen molar-refractivity contribution in [2.24, 2.45) is 0 Å². The van der Waals surface area contributed by atoms with Gasteiger partial charge < -0.3 is 9.84 Å². The molecule has 32 heavy (non-hydrogen) atoms. The molecule has 0 spiro atoms. The number of anilines is 1. The molecule has 1 heterocycles. The minimum Gasteiger partial charge on any atom is -0.464 e. The van der Waals surface area contributed by atoms with Gasteiger partial charge in [0.15, 0.2) is 0 Å². The topological polar surface area (TPSA) is 92.6 Å². The number of carbonyl (C=O) groups is 2. The Morgan fingerprint density at radius 1 is 1.16 bits per heavy atom. The van der Waals surface area contributed by atoms with Gasteiger partial charge in [-0.1, -0.05) is 41.4 Å². The first-order valence-corrected chi connectivity index (χ1v) is 11.0. The molecule has 7 nitrogen and oxygen atoms in total. The lowest BCUT2D eigenvalue weighted by Crippen LogP contribution is -2.41. The molecule has 0 unspecified atom stereocenters. The van der Waals surface area contributed by atoms with E-state index in [2.05, 4.69) is 16.0 Å². The van der Waals surface area contributed by atoms with Crippen molar-refractivity contribution in [2.45, 2.75) is 65.9 Å². The van der Waals surface area contributed by atoms with Crippen molar-refractivity contribution in [1.29, 1.82) is 0 Å². The number of carboxylic acid groups (broad SMARTS) is 1. The van der Waals surface area contributed by atoms with E-state index >= 15 is 0 Å². The molecule has 3 rings (SSSR count). The molecule has 1 aromatic heterocycles. The second kappa shape index (κ2) is 9.28. The number of halogens is 1. The van der Waals surface area contributed by atoms with Crippen molar-refractivity contribution in [3.05, 3.63) is 45.6 Å². The first-order valence-electron chi connectivity index (χ1n) is 10.6. The van der Waals surface area contributed by atoms with Crippen LogP contribution in [0, 0.1) is 13.8 Å². The first kappa shape index (κ1) is 23.7. The third-order valence-corrected chi connectivity index (χ3v) is 5.56. The lowest BCUT2D eigenvalue weighted by atomic mass is 9.95. The Kier molecular flexibility index (Phi) is 6.88. The average Bonchev–Trinajstić information content (AvgIpc) is 3.16. The van der Waals surface area contributed by atoms with E-state index < -0.39 is 17.8 Å². The minimum atomic E-state index is -1.55. The number of aromatic nitrogens is 2. The predicted molar refractivity (Wildman–Crippen MR) is 125 cm³/mol. The van der Waals surface area contributed by atoms with Crippen LogP contribution < -0.4 is 4.90 Å². The molecule has 8 heteroatoms. The van der Waals surface area contributed by atoms with Crippen LogP contribution in [-0.2, 0) is 4.74 Å². The maximum absolute atomic E-state index is 12.6. The Hall–Kier alpha value is -2.93. The van der Waals surface area contributed by atoms with E-state index in [0.29, 0.717) is 16.2 Å². The van der Waals surface area contributed by atoms with Gasteiger partial charge >= 0.3 is 12.2 Å². The lowest BCUT2D eigenvalue weighted by molar-refractivity contribution is 0.0579. The zero-order valence-electron chi connectivity index (χ0n) is 19.0. The molecule has 1 aliphatic rings. The second-order valence-electron chi connectivity index (χ2n) is 8.94. The van der Waals surface area contributed by atoms with Gasteiger partial charge in [0, 0.05) is 11.1 Å². The molecule has 0 saturated heterocycles. The van der Waals surface area contributed by atoms with Crippen molar-refractivity contribution in [1.82, 2.24) is 9.97 Å². The van der Waals surface area contributed by atoms with E-state index in [1.54, 1.807) is 27.7 Å². The fraction of sp³-hybridized carbons (Fsp3) is 0.417. The fourth-order valence-electron chi connectivity index (χ4n) is 3.70. The number of hydrogen-bond donors (Lipinski definition) is 1. The van der Waals surface area contributed by atoms with Gasteiger partial charge in [-0.15, -0.1) is 4.90 Å². The van der Waals surface area contributed by atoms with Gasteiger partial charge in [-0.3, -0.25) is 0 Å². The number of imide groups is 1. The summed E-state index contributed by atoms with van der Waals surface area (Å²) in [5.74, 6) is -0.347. The van der Waals surface area contributed by atoms with Crippen LogP contribution in [0.2, 0.25) is 5.15 Å². The summed E-state index contributed by atoms with van der Waals surface area (Å²) in [6.45, 7) is 8.68. The van der Waals surface area contributed by atoms with E-state index in [1.165, 1.54) is 18.4 Å². The van der Waals surface area contributed by atoms with Gasteiger partial charge in [-0.2, -0.15) is 4.98 Å². The van der Waals surface area contributed by atoms with Gasteiger partial charge in [0.2, 0.25) is 5.95 Å². The molecule has 2 amide bonds. The van der Waals surface area contributed by atoms with Crippen molar-refractivity contribution < 1.29 is 19.4 Å². The van der Waals surface area contributed by atoms with E-state index in [1.807, 2.05) is 25.1 Å². The molecule has 1 aliphatic carbocycles. The van der Waals surface area contributed by atoms with Gasteiger partial charge in [0.25, 0.3) is 0 Å². The van der Waals surface area contributed by atoms with Crippen LogP contribution in [0.3, 0.4) is 0 Å². The number of allylic oxidation sites excluding steroid dienone is 1. The van der Waals surface area contributed by atoms with Crippen LogP contribution >= 0.6 is 11.6 Å². The van der Waals surface area contributed by atoms with Crippen LogP contribution in [0.25, 0.3) is 17.3 Å². The van der Waals surface area contributed by atoms with Crippen LogP contribution in [0.5, 0.6) is 0 Å². The van der Waals surface area contributed by atoms with Crippen molar-refractivity contribution in [3.63, 3.8) is 0 Å². The highest BCUT2D eigenvalue weighted by Gasteiger charge is 2.32. The maximum atomic E-state index is 12.6. The highest BCUT2D eigenvalue weighted by molar-refractivity contribution is 6.30. The maximum Gasteiger partial charge on any atom is 0.427 e. The van der Waals surface area contributed by atoms with Gasteiger partial charge in [0.1, 0.15) is 10.8 Å². The largest absolute Gasteiger partial charge is 0.464 e. The van der Waals surface area contributed by atoms with Crippen LogP contribution in [0.4, 0.5) is 15.5 Å². The molecule has 1 aromatic carbocycles. The molecular weight excluding hydrogens is 430 g/mol. The SMILES string of the molecule is Cc1cccc(C=C2CCCC2)c1-c1nc(N(C(=O)O)C(=O)OC(C)(C)C)nc(Cl)c1C. The summed E-state index contributed by atoms with van der Waals surface area (Å²) in [7, 11) is 0. The van der Waals surface area contributed by atoms with Crippen LogP contribution in [-0.4, -0.2) is 32.9 Å². The molecule has 170 valence electrons. The van der Waals surface area contributed by atoms with Gasteiger partial charge in [-0.25, -0.2) is 14.6 Å². The second-order valence-corrected chi connectivity index (χ2v) is 9.29. The summed E-state index contributed by atoms with van der Waals surface area (Å²) in [6, 6.07) is 5.94.